The number of hydrogen-bond acceptors (Lipinski definition) is 3. The second kappa shape index (κ2) is 3.62. The molecule has 2 rings (SSSR count). The summed E-state index contributed by atoms with van der Waals surface area (Å²) in [4.78, 5) is 10.5. The third-order valence-electron chi connectivity index (χ3n) is 2.98. The molecule has 0 aliphatic heterocycles. The first-order chi connectivity index (χ1) is 7.11. The van der Waals surface area contributed by atoms with Gasteiger partial charge in [-0.15, -0.1) is 0 Å². The van der Waals surface area contributed by atoms with Gasteiger partial charge >= 0.3 is 0 Å². The molecule has 2 N–H and O–H groups in total. The fourth-order valence-electron chi connectivity index (χ4n) is 2.31. The molecule has 0 amide bonds. The summed E-state index contributed by atoms with van der Waals surface area (Å²) in [7, 11) is 0. The Hall–Kier alpha value is -1.42. The second-order valence-electron chi connectivity index (χ2n) is 4.03. The molecule has 15 heavy (non-hydrogen) atoms. The van der Waals surface area contributed by atoms with Gasteiger partial charge in [0.25, 0.3) is 5.69 Å². The molecule has 4 heteroatoms. The number of benzene rings is 1. The van der Waals surface area contributed by atoms with Crippen molar-refractivity contribution in [2.75, 3.05) is 0 Å². The zero-order valence-corrected chi connectivity index (χ0v) is 8.69. The van der Waals surface area contributed by atoms with E-state index in [1.165, 1.54) is 0 Å². The highest BCUT2D eigenvalue weighted by atomic mass is 16.6. The summed E-state index contributed by atoms with van der Waals surface area (Å²) in [5.41, 5.74) is 9.17. The van der Waals surface area contributed by atoms with Crippen LogP contribution in [0.3, 0.4) is 0 Å². The van der Waals surface area contributed by atoms with E-state index in [0.717, 1.165) is 36.0 Å². The lowest BCUT2D eigenvalue weighted by atomic mass is 9.97. The van der Waals surface area contributed by atoms with Gasteiger partial charge in [0.2, 0.25) is 0 Å². The molecular formula is C11H14N2O2. The van der Waals surface area contributed by atoms with Crippen molar-refractivity contribution < 1.29 is 4.92 Å². The van der Waals surface area contributed by atoms with Crippen molar-refractivity contribution in [1.82, 2.24) is 0 Å². The monoisotopic (exact) mass is 206 g/mol. The summed E-state index contributed by atoms with van der Waals surface area (Å²) in [6.07, 6.45) is 2.74. The van der Waals surface area contributed by atoms with E-state index >= 15 is 0 Å². The minimum atomic E-state index is -0.297. The Morgan fingerprint density at radius 2 is 2.07 bits per heavy atom. The van der Waals surface area contributed by atoms with Crippen molar-refractivity contribution in [3.63, 3.8) is 0 Å². The van der Waals surface area contributed by atoms with Crippen LogP contribution in [0.1, 0.15) is 36.1 Å². The van der Waals surface area contributed by atoms with Crippen molar-refractivity contribution in [3.8, 4) is 0 Å². The van der Waals surface area contributed by atoms with Crippen LogP contribution in [0, 0.1) is 10.1 Å². The molecule has 0 saturated carbocycles. The van der Waals surface area contributed by atoms with Crippen molar-refractivity contribution in [2.24, 2.45) is 5.73 Å². The van der Waals surface area contributed by atoms with Gasteiger partial charge in [0.1, 0.15) is 0 Å². The van der Waals surface area contributed by atoms with E-state index < -0.39 is 0 Å². The summed E-state index contributed by atoms with van der Waals surface area (Å²) in [6.45, 7) is 1.92. The lowest BCUT2D eigenvalue weighted by Gasteiger charge is -2.11. The molecule has 1 aliphatic carbocycles. The van der Waals surface area contributed by atoms with E-state index in [2.05, 4.69) is 0 Å². The largest absolute Gasteiger partial charge is 0.324 e. The highest BCUT2D eigenvalue weighted by Crippen LogP contribution is 2.34. The molecule has 0 fully saturated rings. The zero-order chi connectivity index (χ0) is 11.0. The zero-order valence-electron chi connectivity index (χ0n) is 8.69. The van der Waals surface area contributed by atoms with Crippen molar-refractivity contribution >= 4 is 5.69 Å². The molecule has 0 spiro atoms. The Morgan fingerprint density at radius 3 is 2.67 bits per heavy atom. The van der Waals surface area contributed by atoms with Gasteiger partial charge in [-0.25, -0.2) is 0 Å². The maximum atomic E-state index is 10.8. The normalized spacial score (nSPS) is 16.1. The number of nitro groups is 1. The Kier molecular flexibility index (Phi) is 2.44. The van der Waals surface area contributed by atoms with Gasteiger partial charge in [-0.05, 0) is 37.3 Å². The summed E-state index contributed by atoms with van der Waals surface area (Å²) in [5.74, 6) is 0. The summed E-state index contributed by atoms with van der Waals surface area (Å²) in [6, 6.07) is 3.34. The van der Waals surface area contributed by atoms with Gasteiger partial charge in [-0.2, -0.15) is 0 Å². The van der Waals surface area contributed by atoms with Crippen LogP contribution in [0.15, 0.2) is 12.1 Å². The number of nitrogens with zero attached hydrogens (tertiary/aromatic N) is 1. The first kappa shape index (κ1) is 10.1. The maximum Gasteiger partial charge on any atom is 0.272 e. The molecule has 0 bridgehead atoms. The predicted molar refractivity (Wildman–Crippen MR) is 57.7 cm³/mol. The van der Waals surface area contributed by atoms with Crippen LogP contribution in [0.2, 0.25) is 0 Å². The van der Waals surface area contributed by atoms with Crippen molar-refractivity contribution in [3.05, 3.63) is 38.9 Å². The number of nitro benzene ring substituents is 1. The smallest absolute Gasteiger partial charge is 0.272 e. The fraction of sp³-hybridized carbons (Fsp3) is 0.455. The topological polar surface area (TPSA) is 69.2 Å². The number of nitrogens with two attached hydrogens (primary N) is 1. The third kappa shape index (κ3) is 1.61. The van der Waals surface area contributed by atoms with E-state index in [9.17, 15) is 10.1 Å². The van der Waals surface area contributed by atoms with Gasteiger partial charge in [-0.1, -0.05) is 6.07 Å². The Balaban J connectivity index is 2.58. The molecule has 80 valence electrons. The molecular weight excluding hydrogens is 192 g/mol. The van der Waals surface area contributed by atoms with Crippen LogP contribution in [-0.2, 0) is 12.8 Å². The first-order valence-corrected chi connectivity index (χ1v) is 5.16. The van der Waals surface area contributed by atoms with E-state index in [4.69, 9.17) is 5.73 Å². The molecule has 0 heterocycles. The predicted octanol–water partition coefficient (Wildman–Crippen LogP) is 2.10. The summed E-state index contributed by atoms with van der Waals surface area (Å²) < 4.78 is 0. The summed E-state index contributed by atoms with van der Waals surface area (Å²) >= 11 is 0. The van der Waals surface area contributed by atoms with Crippen molar-refractivity contribution in [1.29, 1.82) is 0 Å². The quantitative estimate of drug-likeness (QED) is 0.595. The van der Waals surface area contributed by atoms with E-state index in [-0.39, 0.29) is 16.7 Å². The number of hydrogen-bond donors (Lipinski definition) is 1. The standard InChI is InChI=1S/C11H14N2O2/c1-7(12)8-5-6-11(13(14)15)10-4-2-3-9(8)10/h5-7H,2-4,12H2,1H3/t7-/m1/s1. The molecule has 4 nitrogen and oxygen atoms in total. The molecule has 1 aromatic carbocycles. The SMILES string of the molecule is C[C@@H](N)c1ccc([N+](=O)[O-])c2c1CCC2. The minimum Gasteiger partial charge on any atom is -0.324 e. The van der Waals surface area contributed by atoms with Crippen LogP contribution in [-0.4, -0.2) is 4.92 Å². The van der Waals surface area contributed by atoms with Gasteiger partial charge in [-0.3, -0.25) is 10.1 Å². The highest BCUT2D eigenvalue weighted by molar-refractivity contribution is 5.52. The number of rotatable bonds is 2. The van der Waals surface area contributed by atoms with Crippen LogP contribution in [0.4, 0.5) is 5.69 Å². The van der Waals surface area contributed by atoms with E-state index in [0.29, 0.717) is 0 Å². The number of fused-ring (bicyclic) bond motifs is 1. The van der Waals surface area contributed by atoms with Crippen LogP contribution >= 0.6 is 0 Å². The Labute approximate surface area is 88.2 Å². The molecule has 0 saturated heterocycles. The lowest BCUT2D eigenvalue weighted by Crippen LogP contribution is -2.09. The van der Waals surface area contributed by atoms with Crippen molar-refractivity contribution in [2.45, 2.75) is 32.2 Å². The van der Waals surface area contributed by atoms with Crippen LogP contribution in [0.25, 0.3) is 0 Å². The fourth-order valence-corrected chi connectivity index (χ4v) is 2.31. The van der Waals surface area contributed by atoms with Gasteiger partial charge in [0, 0.05) is 17.7 Å². The lowest BCUT2D eigenvalue weighted by molar-refractivity contribution is -0.385. The maximum absolute atomic E-state index is 10.8. The first-order valence-electron chi connectivity index (χ1n) is 5.16. The third-order valence-corrected chi connectivity index (χ3v) is 2.98. The molecule has 1 aliphatic rings. The minimum absolute atomic E-state index is 0.0438. The second-order valence-corrected chi connectivity index (χ2v) is 4.03. The molecule has 0 unspecified atom stereocenters. The van der Waals surface area contributed by atoms with E-state index in [1.54, 1.807) is 12.1 Å². The van der Waals surface area contributed by atoms with E-state index in [1.807, 2.05) is 6.92 Å². The molecule has 1 atom stereocenters. The average Bonchev–Trinajstić information content (AvgIpc) is 2.63. The molecule has 1 aromatic rings. The Bertz CT molecular complexity index is 413. The van der Waals surface area contributed by atoms with Crippen LogP contribution < -0.4 is 5.73 Å². The van der Waals surface area contributed by atoms with Gasteiger partial charge < -0.3 is 5.73 Å². The average molecular weight is 206 g/mol. The van der Waals surface area contributed by atoms with Gasteiger partial charge in [0.05, 0.1) is 4.92 Å². The molecule has 0 aromatic heterocycles. The summed E-state index contributed by atoms with van der Waals surface area (Å²) in [5, 5.41) is 10.8. The Morgan fingerprint density at radius 1 is 1.40 bits per heavy atom. The van der Waals surface area contributed by atoms with Crippen LogP contribution in [0.5, 0.6) is 0 Å². The molecule has 0 radical (unpaired) electrons. The highest BCUT2D eigenvalue weighted by Gasteiger charge is 2.25. The van der Waals surface area contributed by atoms with Gasteiger partial charge in [0.15, 0.2) is 0 Å².